The molecule has 0 aromatic heterocycles. The highest BCUT2D eigenvalue weighted by Crippen LogP contribution is 2.18. The van der Waals surface area contributed by atoms with Gasteiger partial charge in [-0.15, -0.1) is 0 Å². The Kier molecular flexibility index (Phi) is 9.06. The van der Waals surface area contributed by atoms with Gasteiger partial charge in [0.1, 0.15) is 0 Å². The van der Waals surface area contributed by atoms with Crippen LogP contribution >= 0.6 is 0 Å². The maximum atomic E-state index is 9.28. The largest absolute Gasteiger partial charge is 0.396 e. The van der Waals surface area contributed by atoms with Crippen molar-refractivity contribution < 1.29 is 14.6 Å². The third kappa shape index (κ3) is 6.13. The third-order valence-corrected chi connectivity index (χ3v) is 2.59. The Balaban J connectivity index is 4.07. The minimum Gasteiger partial charge on any atom is -0.396 e. The lowest BCUT2D eigenvalue weighted by atomic mass is 9.96. The molecular weight excluding hydrogens is 192 g/mol. The number of hydrogen-bond acceptors (Lipinski definition) is 3. The summed E-state index contributed by atoms with van der Waals surface area (Å²) in [5.41, 5.74) is 0. The lowest BCUT2D eigenvalue weighted by molar-refractivity contribution is -0.174. The van der Waals surface area contributed by atoms with Gasteiger partial charge in [0.15, 0.2) is 6.29 Å². The van der Waals surface area contributed by atoms with Crippen LogP contribution in [0.25, 0.3) is 0 Å². The van der Waals surface area contributed by atoms with Crippen molar-refractivity contribution in [2.45, 2.75) is 59.4 Å². The second-order valence-electron chi connectivity index (χ2n) is 3.84. The number of rotatable bonds is 9. The molecule has 92 valence electrons. The highest BCUT2D eigenvalue weighted by atomic mass is 16.7. The molecule has 0 rings (SSSR count). The summed E-state index contributed by atoms with van der Waals surface area (Å²) in [5.74, 6) is 0.239. The molecule has 0 aliphatic heterocycles. The van der Waals surface area contributed by atoms with E-state index in [-0.39, 0.29) is 24.9 Å². The Hall–Kier alpha value is -0.120. The van der Waals surface area contributed by atoms with Gasteiger partial charge >= 0.3 is 0 Å². The Morgan fingerprint density at radius 2 is 1.87 bits per heavy atom. The average Bonchev–Trinajstić information content (AvgIpc) is 2.23. The van der Waals surface area contributed by atoms with Crippen LogP contribution in [0.5, 0.6) is 0 Å². The first-order valence-corrected chi connectivity index (χ1v) is 6.07. The van der Waals surface area contributed by atoms with Gasteiger partial charge in [0.25, 0.3) is 0 Å². The minimum atomic E-state index is -0.175. The monoisotopic (exact) mass is 218 g/mol. The molecule has 0 amide bonds. The number of ether oxygens (including phenoxy) is 2. The standard InChI is InChI=1S/C12H26O3/c1-5-8-11(9-13)12(6-2)15-10(4)14-7-3/h10-13H,5-9H2,1-4H3/t10?,11-,12+/m1/s1. The van der Waals surface area contributed by atoms with Crippen LogP contribution in [-0.4, -0.2) is 30.7 Å². The Labute approximate surface area is 93.8 Å². The lowest BCUT2D eigenvalue weighted by Gasteiger charge is -2.27. The molecule has 0 aromatic carbocycles. The Bertz CT molecular complexity index is 139. The van der Waals surface area contributed by atoms with Crippen LogP contribution in [0.3, 0.4) is 0 Å². The van der Waals surface area contributed by atoms with E-state index in [4.69, 9.17) is 9.47 Å². The quantitative estimate of drug-likeness (QED) is 0.604. The van der Waals surface area contributed by atoms with Gasteiger partial charge in [0, 0.05) is 19.1 Å². The zero-order valence-corrected chi connectivity index (χ0v) is 10.5. The first-order valence-electron chi connectivity index (χ1n) is 6.07. The molecule has 1 unspecified atom stereocenters. The summed E-state index contributed by atoms with van der Waals surface area (Å²) >= 11 is 0. The summed E-state index contributed by atoms with van der Waals surface area (Å²) in [6, 6.07) is 0. The molecule has 0 aliphatic carbocycles. The van der Waals surface area contributed by atoms with Crippen molar-refractivity contribution in [2.24, 2.45) is 5.92 Å². The van der Waals surface area contributed by atoms with E-state index in [9.17, 15) is 5.11 Å². The minimum absolute atomic E-state index is 0.108. The molecule has 0 fully saturated rings. The number of hydrogen-bond donors (Lipinski definition) is 1. The number of aliphatic hydroxyl groups excluding tert-OH is 1. The molecule has 0 heterocycles. The van der Waals surface area contributed by atoms with Crippen molar-refractivity contribution in [1.29, 1.82) is 0 Å². The molecule has 1 N–H and O–H groups in total. The van der Waals surface area contributed by atoms with Crippen molar-refractivity contribution in [3.8, 4) is 0 Å². The maximum absolute atomic E-state index is 9.28. The van der Waals surface area contributed by atoms with Crippen LogP contribution in [0, 0.1) is 5.92 Å². The average molecular weight is 218 g/mol. The predicted molar refractivity (Wildman–Crippen MR) is 61.7 cm³/mol. The smallest absolute Gasteiger partial charge is 0.155 e. The van der Waals surface area contributed by atoms with Crippen LogP contribution in [0.15, 0.2) is 0 Å². The molecule has 15 heavy (non-hydrogen) atoms. The first kappa shape index (κ1) is 14.9. The van der Waals surface area contributed by atoms with Crippen molar-refractivity contribution in [3.05, 3.63) is 0 Å². The second kappa shape index (κ2) is 9.13. The SMILES string of the molecule is CCC[C@H](CO)[C@H](CC)OC(C)OCC. The molecule has 0 saturated heterocycles. The van der Waals surface area contributed by atoms with Crippen molar-refractivity contribution >= 4 is 0 Å². The molecule has 0 aromatic rings. The van der Waals surface area contributed by atoms with E-state index >= 15 is 0 Å². The van der Waals surface area contributed by atoms with Crippen LogP contribution in [0.1, 0.15) is 47.0 Å². The Morgan fingerprint density at radius 3 is 2.27 bits per heavy atom. The summed E-state index contributed by atoms with van der Waals surface area (Å²) in [6.45, 7) is 8.94. The van der Waals surface area contributed by atoms with E-state index < -0.39 is 0 Å². The van der Waals surface area contributed by atoms with E-state index in [1.807, 2.05) is 13.8 Å². The normalized spacial score (nSPS) is 17.4. The van der Waals surface area contributed by atoms with Gasteiger partial charge in [-0.25, -0.2) is 0 Å². The zero-order valence-electron chi connectivity index (χ0n) is 10.5. The van der Waals surface area contributed by atoms with Crippen LogP contribution < -0.4 is 0 Å². The van der Waals surface area contributed by atoms with E-state index in [2.05, 4.69) is 13.8 Å². The molecule has 3 atom stereocenters. The fraction of sp³-hybridized carbons (Fsp3) is 1.00. The second-order valence-corrected chi connectivity index (χ2v) is 3.84. The first-order chi connectivity index (χ1) is 7.19. The van der Waals surface area contributed by atoms with E-state index in [0.717, 1.165) is 19.3 Å². The summed E-state index contributed by atoms with van der Waals surface area (Å²) in [5, 5.41) is 9.28. The van der Waals surface area contributed by atoms with Crippen LogP contribution in [-0.2, 0) is 9.47 Å². The summed E-state index contributed by atoms with van der Waals surface area (Å²) in [6.07, 6.45) is 2.94. The van der Waals surface area contributed by atoms with Crippen LogP contribution in [0.2, 0.25) is 0 Å². The van der Waals surface area contributed by atoms with Crippen molar-refractivity contribution in [1.82, 2.24) is 0 Å². The summed E-state index contributed by atoms with van der Waals surface area (Å²) < 4.78 is 11.1. The van der Waals surface area contributed by atoms with Crippen molar-refractivity contribution in [2.75, 3.05) is 13.2 Å². The van der Waals surface area contributed by atoms with E-state index in [1.165, 1.54) is 0 Å². The predicted octanol–water partition coefficient (Wildman–Crippen LogP) is 2.57. The summed E-state index contributed by atoms with van der Waals surface area (Å²) in [4.78, 5) is 0. The van der Waals surface area contributed by atoms with Gasteiger partial charge in [-0.1, -0.05) is 20.3 Å². The van der Waals surface area contributed by atoms with Gasteiger partial charge in [-0.05, 0) is 26.7 Å². The number of aliphatic hydroxyl groups is 1. The maximum Gasteiger partial charge on any atom is 0.155 e. The molecule has 3 nitrogen and oxygen atoms in total. The van der Waals surface area contributed by atoms with Crippen LogP contribution in [0.4, 0.5) is 0 Å². The van der Waals surface area contributed by atoms with Gasteiger partial charge < -0.3 is 14.6 Å². The van der Waals surface area contributed by atoms with E-state index in [0.29, 0.717) is 6.61 Å². The van der Waals surface area contributed by atoms with Gasteiger partial charge in [0.05, 0.1) is 6.10 Å². The molecule has 0 saturated carbocycles. The molecule has 0 bridgehead atoms. The molecule has 0 spiro atoms. The highest BCUT2D eigenvalue weighted by Gasteiger charge is 2.21. The molecule has 0 aliphatic rings. The highest BCUT2D eigenvalue weighted by molar-refractivity contribution is 4.68. The van der Waals surface area contributed by atoms with Gasteiger partial charge in [0.2, 0.25) is 0 Å². The van der Waals surface area contributed by atoms with Gasteiger partial charge in [-0.2, -0.15) is 0 Å². The topological polar surface area (TPSA) is 38.7 Å². The van der Waals surface area contributed by atoms with Gasteiger partial charge in [-0.3, -0.25) is 0 Å². The lowest BCUT2D eigenvalue weighted by Crippen LogP contribution is -2.30. The molecular formula is C12H26O3. The van der Waals surface area contributed by atoms with E-state index in [1.54, 1.807) is 0 Å². The Morgan fingerprint density at radius 1 is 1.20 bits per heavy atom. The molecule has 0 radical (unpaired) electrons. The fourth-order valence-electron chi connectivity index (χ4n) is 1.83. The molecule has 3 heteroatoms. The van der Waals surface area contributed by atoms with Crippen molar-refractivity contribution in [3.63, 3.8) is 0 Å². The zero-order chi connectivity index (χ0) is 11.7. The summed E-state index contributed by atoms with van der Waals surface area (Å²) in [7, 11) is 0. The fourth-order valence-corrected chi connectivity index (χ4v) is 1.83. The third-order valence-electron chi connectivity index (χ3n) is 2.59.